The van der Waals surface area contributed by atoms with Crippen LogP contribution in [0, 0.1) is 23.5 Å². The lowest BCUT2D eigenvalue weighted by Gasteiger charge is -2.36. The smallest absolute Gasteiger partial charge is 0.253 e. The Bertz CT molecular complexity index is 2010. The van der Waals surface area contributed by atoms with Crippen LogP contribution in [0.4, 0.5) is 20.2 Å². The first-order chi connectivity index (χ1) is 25.1. The lowest BCUT2D eigenvalue weighted by molar-refractivity contribution is -0.136. The Morgan fingerprint density at radius 2 is 0.885 bits per heavy atom. The molecule has 6 atom stereocenters. The van der Waals surface area contributed by atoms with E-state index in [-0.39, 0.29) is 11.4 Å². The number of nitrogens with zero attached hydrogens (tertiary/aromatic N) is 4. The maximum atomic E-state index is 14.7. The summed E-state index contributed by atoms with van der Waals surface area (Å²) in [6.45, 7) is 0. The number of ether oxygens (including phenoxy) is 4. The predicted octanol–water partition coefficient (Wildman–Crippen LogP) is 4.44. The number of halogens is 2. The van der Waals surface area contributed by atoms with E-state index in [0.717, 1.165) is 21.9 Å². The van der Waals surface area contributed by atoms with E-state index in [1.807, 2.05) is 0 Å². The fraction of sp³-hybridized carbons (Fsp3) is 0.263. The van der Waals surface area contributed by atoms with Gasteiger partial charge in [-0.1, -0.05) is 12.1 Å². The molecule has 0 bridgehead atoms. The summed E-state index contributed by atoms with van der Waals surface area (Å²) in [5.41, 5.74) is 0.879. The average molecular weight is 711 g/mol. The van der Waals surface area contributed by atoms with E-state index in [1.54, 1.807) is 46.4 Å². The number of rotatable bonds is 8. The maximum Gasteiger partial charge on any atom is 0.253 e. The molecule has 0 aliphatic carbocycles. The highest BCUT2D eigenvalue weighted by Crippen LogP contribution is 2.61. The molecule has 52 heavy (non-hydrogen) atoms. The van der Waals surface area contributed by atoms with Gasteiger partial charge in [0.2, 0.25) is 11.8 Å². The fourth-order valence-corrected chi connectivity index (χ4v) is 8.33. The Morgan fingerprint density at radius 1 is 0.481 bits per heavy atom. The van der Waals surface area contributed by atoms with Crippen molar-refractivity contribution in [1.82, 2.24) is 10.0 Å². The number of carbonyl (C=O) groups excluding carboxylic acids is 4. The third kappa shape index (κ3) is 4.70. The minimum Gasteiger partial charge on any atom is -0.497 e. The lowest BCUT2D eigenvalue weighted by Crippen LogP contribution is -2.50. The van der Waals surface area contributed by atoms with Crippen molar-refractivity contribution < 1.29 is 46.9 Å². The normalized spacial score (nSPS) is 25.4. The van der Waals surface area contributed by atoms with Gasteiger partial charge in [-0.2, -0.15) is 0 Å². The molecule has 4 fully saturated rings. The highest BCUT2D eigenvalue weighted by molar-refractivity contribution is 6.26. The molecule has 14 heteroatoms. The van der Waals surface area contributed by atoms with Crippen LogP contribution in [0.15, 0.2) is 84.9 Å². The van der Waals surface area contributed by atoms with E-state index in [1.165, 1.54) is 64.8 Å². The number of fused-ring (bicyclic) bond motifs is 5. The molecule has 8 rings (SSSR count). The summed E-state index contributed by atoms with van der Waals surface area (Å²) in [5.74, 6) is -4.83. The lowest BCUT2D eigenvalue weighted by atomic mass is 9.83. The standard InChI is InChI=1S/C38H32F2N4O8/c1-49-23-11-13-27(51-3)25(17-23)31-29-33(37(47)41(35(29)45)21-9-5-7-19(39)15-21)44-32(26-18-24(50-2)12-14-28(26)52-4)30-34(43(31)44)38(48)42(36(30)46)22-10-6-8-20(40)16-22/h5-18,29-34H,1-4H3/t29-,30+,31-,32-,33+,34-/m1/s1. The van der Waals surface area contributed by atoms with Gasteiger partial charge in [-0.25, -0.2) is 28.6 Å². The van der Waals surface area contributed by atoms with Gasteiger partial charge in [-0.15, -0.1) is 0 Å². The van der Waals surface area contributed by atoms with Crippen molar-refractivity contribution in [1.29, 1.82) is 0 Å². The van der Waals surface area contributed by atoms with Gasteiger partial charge in [0.05, 0.1) is 63.7 Å². The Morgan fingerprint density at radius 3 is 1.23 bits per heavy atom. The molecule has 4 saturated heterocycles. The Kier molecular flexibility index (Phi) is 7.95. The minimum atomic E-state index is -1.27. The molecule has 0 radical (unpaired) electrons. The zero-order valence-electron chi connectivity index (χ0n) is 28.4. The van der Waals surface area contributed by atoms with E-state index in [2.05, 4.69) is 0 Å². The molecule has 0 unspecified atom stereocenters. The van der Waals surface area contributed by atoms with E-state index < -0.39 is 71.3 Å². The number of benzene rings is 4. The topological polar surface area (TPSA) is 118 Å². The monoisotopic (exact) mass is 710 g/mol. The molecule has 4 aromatic carbocycles. The van der Waals surface area contributed by atoms with Crippen molar-refractivity contribution in [3.63, 3.8) is 0 Å². The van der Waals surface area contributed by atoms with Crippen molar-refractivity contribution in [2.45, 2.75) is 24.2 Å². The van der Waals surface area contributed by atoms with Crippen LogP contribution in [0.1, 0.15) is 23.2 Å². The van der Waals surface area contributed by atoms with Crippen LogP contribution in [0.5, 0.6) is 23.0 Å². The van der Waals surface area contributed by atoms with Crippen molar-refractivity contribution in [3.8, 4) is 23.0 Å². The molecule has 12 nitrogen and oxygen atoms in total. The van der Waals surface area contributed by atoms with Crippen LogP contribution in [0.2, 0.25) is 0 Å². The number of hydrazine groups is 1. The molecule has 266 valence electrons. The van der Waals surface area contributed by atoms with E-state index in [4.69, 9.17) is 18.9 Å². The fourth-order valence-electron chi connectivity index (χ4n) is 8.33. The number of methoxy groups -OCH3 is 4. The summed E-state index contributed by atoms with van der Waals surface area (Å²) in [5, 5.41) is 3.25. The molecule has 0 saturated carbocycles. The van der Waals surface area contributed by atoms with Crippen LogP contribution in [-0.4, -0.2) is 74.2 Å². The SMILES string of the molecule is COc1ccc(OC)c([C@@H]2[C@@H]3C(=O)N(c4cccc(F)c4)C(=O)[C@@H]3N3[C@H](c4cc(OC)ccc4OC)[C@H]4C(=O)N(c5cccc(F)c5)C(=O)[C@H]4N23)c1. The Hall–Kier alpha value is -5.86. The molecule has 4 aliphatic heterocycles. The van der Waals surface area contributed by atoms with Crippen molar-refractivity contribution in [3.05, 3.63) is 108 Å². The van der Waals surface area contributed by atoms with Gasteiger partial charge in [0.25, 0.3) is 11.8 Å². The van der Waals surface area contributed by atoms with Crippen LogP contribution >= 0.6 is 0 Å². The second-order valence-corrected chi connectivity index (χ2v) is 12.8. The molecule has 0 aromatic heterocycles. The van der Waals surface area contributed by atoms with E-state index >= 15 is 0 Å². The summed E-state index contributed by atoms with van der Waals surface area (Å²) in [6.07, 6.45) is 0. The highest BCUT2D eigenvalue weighted by Gasteiger charge is 2.74. The zero-order chi connectivity index (χ0) is 36.6. The maximum absolute atomic E-state index is 14.7. The summed E-state index contributed by atoms with van der Waals surface area (Å²) in [7, 11) is 5.84. The van der Waals surface area contributed by atoms with Crippen LogP contribution in [-0.2, 0) is 19.2 Å². The summed E-state index contributed by atoms with van der Waals surface area (Å²) in [6, 6.07) is 15.6. The molecule has 0 N–H and O–H groups in total. The molecule has 0 spiro atoms. The molecule has 4 amide bonds. The van der Waals surface area contributed by atoms with Gasteiger partial charge in [0.15, 0.2) is 0 Å². The molecular formula is C38H32F2N4O8. The molecule has 4 aliphatic rings. The summed E-state index contributed by atoms with van der Waals surface area (Å²) >= 11 is 0. The van der Waals surface area contributed by atoms with Crippen LogP contribution < -0.4 is 28.7 Å². The van der Waals surface area contributed by atoms with Crippen molar-refractivity contribution >= 4 is 35.0 Å². The Balaban J connectivity index is 1.40. The largest absolute Gasteiger partial charge is 0.497 e. The first-order valence-corrected chi connectivity index (χ1v) is 16.4. The second-order valence-electron chi connectivity index (χ2n) is 12.8. The van der Waals surface area contributed by atoms with Crippen LogP contribution in [0.25, 0.3) is 0 Å². The minimum absolute atomic E-state index is 0.0339. The first-order valence-electron chi connectivity index (χ1n) is 16.4. The first kappa shape index (κ1) is 33.3. The number of anilines is 2. The molecule has 4 aromatic rings. The van der Waals surface area contributed by atoms with Crippen molar-refractivity contribution in [2.75, 3.05) is 38.2 Å². The second kappa shape index (κ2) is 12.4. The predicted molar refractivity (Wildman–Crippen MR) is 181 cm³/mol. The number of amides is 4. The van der Waals surface area contributed by atoms with Crippen molar-refractivity contribution in [2.24, 2.45) is 11.8 Å². The molecular weight excluding hydrogens is 678 g/mol. The van der Waals surface area contributed by atoms with Gasteiger partial charge in [-0.3, -0.25) is 19.2 Å². The average Bonchev–Trinajstić information content (AvgIpc) is 3.82. The number of hydrogen-bond donors (Lipinski definition) is 0. The zero-order valence-corrected chi connectivity index (χ0v) is 28.4. The third-order valence-electron chi connectivity index (χ3n) is 10.4. The summed E-state index contributed by atoms with van der Waals surface area (Å²) in [4.78, 5) is 60.8. The highest BCUT2D eigenvalue weighted by atomic mass is 19.1. The van der Waals surface area contributed by atoms with Gasteiger partial charge in [-0.05, 0) is 72.8 Å². The van der Waals surface area contributed by atoms with Crippen LogP contribution in [0.3, 0.4) is 0 Å². The number of hydrogen-bond acceptors (Lipinski definition) is 10. The van der Waals surface area contributed by atoms with Gasteiger partial charge in [0, 0.05) is 11.1 Å². The molecule has 4 heterocycles. The number of imide groups is 2. The third-order valence-corrected chi connectivity index (χ3v) is 10.4. The Labute approximate surface area is 296 Å². The summed E-state index contributed by atoms with van der Waals surface area (Å²) < 4.78 is 51.8. The van der Waals surface area contributed by atoms with Gasteiger partial charge < -0.3 is 18.9 Å². The van der Waals surface area contributed by atoms with Gasteiger partial charge in [0.1, 0.15) is 46.7 Å². The van der Waals surface area contributed by atoms with E-state index in [0.29, 0.717) is 34.1 Å². The quantitative estimate of drug-likeness (QED) is 0.243. The number of carbonyl (C=O) groups is 4. The van der Waals surface area contributed by atoms with E-state index in [9.17, 15) is 28.0 Å². The van der Waals surface area contributed by atoms with Gasteiger partial charge >= 0.3 is 0 Å².